The van der Waals surface area contributed by atoms with Crippen molar-refractivity contribution in [3.63, 3.8) is 0 Å². The minimum Gasteiger partial charge on any atom is -0.388 e. The van der Waals surface area contributed by atoms with Crippen molar-refractivity contribution in [2.24, 2.45) is 0 Å². The van der Waals surface area contributed by atoms with Gasteiger partial charge in [-0.25, -0.2) is 4.98 Å². The standard InChI is InChI=1S/C9H14N2O/c1-3-8(12)7-4-5-9(10-2)11-6-7/h4-6,8,12H,3H2,1-2H3,(H,10,11). The highest BCUT2D eigenvalue weighted by Crippen LogP contribution is 2.15. The Bertz CT molecular complexity index is 233. The lowest BCUT2D eigenvalue weighted by molar-refractivity contribution is 0.173. The number of aromatic nitrogens is 1. The van der Waals surface area contributed by atoms with Crippen LogP contribution in [0.3, 0.4) is 0 Å². The quantitative estimate of drug-likeness (QED) is 0.716. The third-order valence-electron chi connectivity index (χ3n) is 1.81. The van der Waals surface area contributed by atoms with Gasteiger partial charge in [0, 0.05) is 13.2 Å². The molecule has 1 heterocycles. The molecule has 0 radical (unpaired) electrons. The Kier molecular flexibility index (Phi) is 3.05. The fourth-order valence-electron chi connectivity index (χ4n) is 0.986. The molecule has 1 aromatic rings. The topological polar surface area (TPSA) is 45.1 Å². The fraction of sp³-hybridized carbons (Fsp3) is 0.444. The second kappa shape index (κ2) is 4.07. The SMILES string of the molecule is CCC(O)c1ccc(NC)nc1. The summed E-state index contributed by atoms with van der Waals surface area (Å²) in [5.41, 5.74) is 0.872. The van der Waals surface area contributed by atoms with Crippen LogP contribution < -0.4 is 5.32 Å². The van der Waals surface area contributed by atoms with Gasteiger partial charge in [0.2, 0.25) is 0 Å². The van der Waals surface area contributed by atoms with E-state index in [0.717, 1.165) is 17.8 Å². The first-order valence-corrected chi connectivity index (χ1v) is 4.09. The van der Waals surface area contributed by atoms with Crippen LogP contribution in [0.15, 0.2) is 18.3 Å². The Morgan fingerprint density at radius 1 is 1.58 bits per heavy atom. The number of aliphatic hydroxyl groups is 1. The first kappa shape index (κ1) is 9.00. The number of anilines is 1. The zero-order valence-corrected chi connectivity index (χ0v) is 7.41. The Morgan fingerprint density at radius 2 is 2.33 bits per heavy atom. The Morgan fingerprint density at radius 3 is 2.75 bits per heavy atom. The van der Waals surface area contributed by atoms with Crippen LogP contribution in [0.1, 0.15) is 25.0 Å². The lowest BCUT2D eigenvalue weighted by Gasteiger charge is -2.07. The summed E-state index contributed by atoms with van der Waals surface area (Å²) >= 11 is 0. The number of aliphatic hydroxyl groups excluding tert-OH is 1. The van der Waals surface area contributed by atoms with Crippen LogP contribution in [0.5, 0.6) is 0 Å². The molecular weight excluding hydrogens is 152 g/mol. The molecule has 0 aliphatic carbocycles. The summed E-state index contributed by atoms with van der Waals surface area (Å²) < 4.78 is 0. The largest absolute Gasteiger partial charge is 0.388 e. The maximum Gasteiger partial charge on any atom is 0.125 e. The molecule has 0 aliphatic heterocycles. The molecule has 2 N–H and O–H groups in total. The van der Waals surface area contributed by atoms with Gasteiger partial charge in [-0.3, -0.25) is 0 Å². The molecule has 0 saturated heterocycles. The van der Waals surface area contributed by atoms with Crippen LogP contribution >= 0.6 is 0 Å². The summed E-state index contributed by atoms with van der Waals surface area (Å²) in [5.74, 6) is 0.821. The normalized spacial score (nSPS) is 12.6. The van der Waals surface area contributed by atoms with Crippen molar-refractivity contribution in [3.8, 4) is 0 Å². The van der Waals surface area contributed by atoms with Crippen molar-refractivity contribution in [1.29, 1.82) is 0 Å². The number of hydrogen-bond donors (Lipinski definition) is 2. The fourth-order valence-corrected chi connectivity index (χ4v) is 0.986. The van der Waals surface area contributed by atoms with Crippen molar-refractivity contribution in [2.75, 3.05) is 12.4 Å². The minimum atomic E-state index is -0.386. The monoisotopic (exact) mass is 166 g/mol. The molecule has 0 amide bonds. The average molecular weight is 166 g/mol. The zero-order valence-electron chi connectivity index (χ0n) is 7.41. The molecule has 3 nitrogen and oxygen atoms in total. The third kappa shape index (κ3) is 1.95. The van der Waals surface area contributed by atoms with Gasteiger partial charge in [0.05, 0.1) is 6.10 Å². The molecule has 3 heteroatoms. The van der Waals surface area contributed by atoms with Crippen molar-refractivity contribution in [3.05, 3.63) is 23.9 Å². The molecule has 1 aromatic heterocycles. The van der Waals surface area contributed by atoms with Gasteiger partial charge in [-0.2, -0.15) is 0 Å². The van der Waals surface area contributed by atoms with Crippen LogP contribution in [0.25, 0.3) is 0 Å². The van der Waals surface area contributed by atoms with Crippen LogP contribution in [0, 0.1) is 0 Å². The van der Waals surface area contributed by atoms with E-state index in [1.54, 1.807) is 6.20 Å². The summed E-state index contributed by atoms with van der Waals surface area (Å²) in [5, 5.41) is 12.4. The van der Waals surface area contributed by atoms with E-state index in [-0.39, 0.29) is 6.10 Å². The van der Waals surface area contributed by atoms with E-state index in [2.05, 4.69) is 10.3 Å². The minimum absolute atomic E-state index is 0.386. The van der Waals surface area contributed by atoms with Gasteiger partial charge in [-0.15, -0.1) is 0 Å². The van der Waals surface area contributed by atoms with Crippen LogP contribution in [-0.2, 0) is 0 Å². The van der Waals surface area contributed by atoms with Crippen LogP contribution in [0.2, 0.25) is 0 Å². The summed E-state index contributed by atoms with van der Waals surface area (Å²) in [6.45, 7) is 1.94. The van der Waals surface area contributed by atoms with Gasteiger partial charge in [-0.05, 0) is 18.1 Å². The molecule has 66 valence electrons. The number of hydrogen-bond acceptors (Lipinski definition) is 3. The van der Waals surface area contributed by atoms with E-state index in [1.807, 2.05) is 26.1 Å². The molecule has 12 heavy (non-hydrogen) atoms. The van der Waals surface area contributed by atoms with E-state index in [0.29, 0.717) is 0 Å². The van der Waals surface area contributed by atoms with Gasteiger partial charge >= 0.3 is 0 Å². The Hall–Kier alpha value is -1.09. The van der Waals surface area contributed by atoms with E-state index in [1.165, 1.54) is 0 Å². The highest BCUT2D eigenvalue weighted by molar-refractivity contribution is 5.34. The van der Waals surface area contributed by atoms with Crippen LogP contribution in [0.4, 0.5) is 5.82 Å². The lowest BCUT2D eigenvalue weighted by atomic mass is 10.1. The van der Waals surface area contributed by atoms with E-state index >= 15 is 0 Å². The number of nitrogens with one attached hydrogen (secondary N) is 1. The van der Waals surface area contributed by atoms with Crippen molar-refractivity contribution < 1.29 is 5.11 Å². The summed E-state index contributed by atoms with van der Waals surface area (Å²) in [6, 6.07) is 3.74. The highest BCUT2D eigenvalue weighted by Gasteiger charge is 2.03. The molecule has 1 rings (SSSR count). The molecule has 0 bridgehead atoms. The molecule has 0 spiro atoms. The van der Waals surface area contributed by atoms with E-state index in [4.69, 9.17) is 0 Å². The lowest BCUT2D eigenvalue weighted by Crippen LogP contribution is -1.97. The van der Waals surface area contributed by atoms with Crippen LogP contribution in [-0.4, -0.2) is 17.1 Å². The first-order valence-electron chi connectivity index (χ1n) is 4.09. The molecule has 1 unspecified atom stereocenters. The first-order chi connectivity index (χ1) is 5.77. The van der Waals surface area contributed by atoms with E-state index in [9.17, 15) is 5.11 Å². The number of pyridine rings is 1. The predicted octanol–water partition coefficient (Wildman–Crippen LogP) is 1.57. The van der Waals surface area contributed by atoms with Gasteiger partial charge in [0.15, 0.2) is 0 Å². The molecule has 1 atom stereocenters. The molecule has 0 saturated carbocycles. The maximum atomic E-state index is 9.43. The third-order valence-corrected chi connectivity index (χ3v) is 1.81. The highest BCUT2D eigenvalue weighted by atomic mass is 16.3. The number of nitrogens with zero attached hydrogens (tertiary/aromatic N) is 1. The maximum absolute atomic E-state index is 9.43. The zero-order chi connectivity index (χ0) is 8.97. The molecule has 0 aliphatic rings. The van der Waals surface area contributed by atoms with Crippen molar-refractivity contribution in [2.45, 2.75) is 19.4 Å². The van der Waals surface area contributed by atoms with Gasteiger partial charge < -0.3 is 10.4 Å². The summed E-state index contributed by atoms with van der Waals surface area (Å²) in [7, 11) is 1.82. The van der Waals surface area contributed by atoms with Gasteiger partial charge in [0.25, 0.3) is 0 Å². The smallest absolute Gasteiger partial charge is 0.125 e. The second-order valence-corrected chi connectivity index (χ2v) is 2.65. The Balaban J connectivity index is 2.77. The van der Waals surface area contributed by atoms with Gasteiger partial charge in [0.1, 0.15) is 5.82 Å². The molecule has 0 fully saturated rings. The Labute approximate surface area is 72.5 Å². The van der Waals surface area contributed by atoms with Gasteiger partial charge in [-0.1, -0.05) is 13.0 Å². The number of rotatable bonds is 3. The second-order valence-electron chi connectivity index (χ2n) is 2.65. The molecular formula is C9H14N2O. The van der Waals surface area contributed by atoms with Crippen molar-refractivity contribution >= 4 is 5.82 Å². The summed E-state index contributed by atoms with van der Waals surface area (Å²) in [4.78, 5) is 4.10. The average Bonchev–Trinajstić information content (AvgIpc) is 2.17. The van der Waals surface area contributed by atoms with E-state index < -0.39 is 0 Å². The summed E-state index contributed by atoms with van der Waals surface area (Å²) in [6.07, 6.45) is 2.03. The predicted molar refractivity (Wildman–Crippen MR) is 49.0 cm³/mol. The molecule has 0 aromatic carbocycles. The van der Waals surface area contributed by atoms with Crippen molar-refractivity contribution in [1.82, 2.24) is 4.98 Å².